The van der Waals surface area contributed by atoms with Crippen LogP contribution in [0.5, 0.6) is 5.75 Å². The Labute approximate surface area is 124 Å². The summed E-state index contributed by atoms with van der Waals surface area (Å²) >= 11 is 0. The molecule has 1 aromatic rings. The second-order valence-corrected chi connectivity index (χ2v) is 5.21. The van der Waals surface area contributed by atoms with Crippen molar-refractivity contribution in [3.05, 3.63) is 36.4 Å². The lowest BCUT2D eigenvalue weighted by molar-refractivity contribution is -0.274. The zero-order valence-electron chi connectivity index (χ0n) is 11.3. The number of allylic oxidation sites excluding steroid dienone is 2. The molecule has 22 heavy (non-hydrogen) atoms. The van der Waals surface area contributed by atoms with Crippen molar-refractivity contribution < 1.29 is 27.5 Å². The molecule has 0 spiro atoms. The maximum Gasteiger partial charge on any atom is 0.573 e. The fourth-order valence-electron chi connectivity index (χ4n) is 2.85. The average molecular weight is 311 g/mol. The maximum absolute atomic E-state index is 12.3. The van der Waals surface area contributed by atoms with Crippen molar-refractivity contribution in [2.75, 3.05) is 4.90 Å². The number of halogens is 3. The second-order valence-electron chi connectivity index (χ2n) is 5.21. The SMILES string of the molecule is O=C1C2CC=CCC2C(=O)N1c1ccc(OC(F)(F)F)cc1. The molecule has 4 nitrogen and oxygen atoms in total. The molecular weight excluding hydrogens is 299 g/mol. The van der Waals surface area contributed by atoms with E-state index in [-0.39, 0.29) is 29.3 Å². The summed E-state index contributed by atoms with van der Waals surface area (Å²) < 4.78 is 40.1. The van der Waals surface area contributed by atoms with E-state index in [1.54, 1.807) is 0 Å². The van der Waals surface area contributed by atoms with Crippen molar-refractivity contribution in [1.29, 1.82) is 0 Å². The summed E-state index contributed by atoms with van der Waals surface area (Å²) in [5, 5.41) is 0. The summed E-state index contributed by atoms with van der Waals surface area (Å²) in [4.78, 5) is 25.7. The van der Waals surface area contributed by atoms with Crippen LogP contribution in [0.15, 0.2) is 36.4 Å². The molecule has 0 N–H and O–H groups in total. The van der Waals surface area contributed by atoms with Crippen molar-refractivity contribution in [3.63, 3.8) is 0 Å². The summed E-state index contributed by atoms with van der Waals surface area (Å²) in [7, 11) is 0. The zero-order chi connectivity index (χ0) is 15.9. The number of carbonyl (C=O) groups excluding carboxylic acids is 2. The van der Waals surface area contributed by atoms with Crippen LogP contribution < -0.4 is 9.64 Å². The third kappa shape index (κ3) is 2.58. The third-order valence-electron chi connectivity index (χ3n) is 3.84. The predicted molar refractivity (Wildman–Crippen MR) is 71.0 cm³/mol. The molecule has 1 heterocycles. The third-order valence-corrected chi connectivity index (χ3v) is 3.84. The van der Waals surface area contributed by atoms with E-state index >= 15 is 0 Å². The number of ether oxygens (including phenoxy) is 1. The Hall–Kier alpha value is -2.31. The van der Waals surface area contributed by atoms with Crippen LogP contribution in [0.3, 0.4) is 0 Å². The number of hydrogen-bond acceptors (Lipinski definition) is 3. The highest BCUT2D eigenvalue weighted by Gasteiger charge is 2.47. The maximum atomic E-state index is 12.3. The van der Waals surface area contributed by atoms with Crippen LogP contribution in [-0.2, 0) is 9.59 Å². The van der Waals surface area contributed by atoms with Gasteiger partial charge in [0.1, 0.15) is 5.75 Å². The zero-order valence-corrected chi connectivity index (χ0v) is 11.3. The number of rotatable bonds is 2. The molecule has 0 radical (unpaired) electrons. The van der Waals surface area contributed by atoms with Crippen LogP contribution in [0, 0.1) is 11.8 Å². The molecular formula is C15H12F3NO3. The Kier molecular flexibility index (Phi) is 3.42. The summed E-state index contributed by atoms with van der Waals surface area (Å²) in [6.07, 6.45) is -0.00430. The minimum Gasteiger partial charge on any atom is -0.406 e. The summed E-state index contributed by atoms with van der Waals surface area (Å²) in [6, 6.07) is 4.73. The standard InChI is InChI=1S/C15H12F3NO3/c16-15(17,18)22-10-7-5-9(6-8-10)19-13(20)11-3-1-2-4-12(11)14(19)21/h1-2,5-8,11-12H,3-4H2. The van der Waals surface area contributed by atoms with Gasteiger partial charge in [-0.05, 0) is 37.1 Å². The minimum atomic E-state index is -4.78. The van der Waals surface area contributed by atoms with E-state index in [2.05, 4.69) is 4.74 Å². The fraction of sp³-hybridized carbons (Fsp3) is 0.333. The van der Waals surface area contributed by atoms with Gasteiger partial charge in [0.2, 0.25) is 11.8 Å². The highest BCUT2D eigenvalue weighted by atomic mass is 19.4. The molecule has 0 saturated carbocycles. The normalized spacial score (nSPS) is 24.6. The molecule has 1 aromatic carbocycles. The van der Waals surface area contributed by atoms with Crippen molar-refractivity contribution >= 4 is 17.5 Å². The van der Waals surface area contributed by atoms with Gasteiger partial charge in [-0.3, -0.25) is 14.5 Å². The largest absolute Gasteiger partial charge is 0.573 e. The Bertz CT molecular complexity index is 610. The number of fused-ring (bicyclic) bond motifs is 1. The average Bonchev–Trinajstić information content (AvgIpc) is 2.71. The van der Waals surface area contributed by atoms with E-state index < -0.39 is 12.1 Å². The van der Waals surface area contributed by atoms with E-state index in [1.165, 1.54) is 12.1 Å². The van der Waals surface area contributed by atoms with Gasteiger partial charge >= 0.3 is 6.36 Å². The van der Waals surface area contributed by atoms with Gasteiger partial charge in [0.25, 0.3) is 0 Å². The fourth-order valence-corrected chi connectivity index (χ4v) is 2.85. The first kappa shape index (κ1) is 14.6. The molecule has 116 valence electrons. The Balaban J connectivity index is 1.82. The number of hydrogen-bond donors (Lipinski definition) is 0. The van der Waals surface area contributed by atoms with E-state index in [1.807, 2.05) is 12.2 Å². The molecule has 3 rings (SSSR count). The van der Waals surface area contributed by atoms with Gasteiger partial charge in [-0.25, -0.2) is 0 Å². The smallest absolute Gasteiger partial charge is 0.406 e. The number of anilines is 1. The molecule has 2 atom stereocenters. The first-order valence-corrected chi connectivity index (χ1v) is 6.75. The van der Waals surface area contributed by atoms with E-state index in [4.69, 9.17) is 0 Å². The van der Waals surface area contributed by atoms with Crippen molar-refractivity contribution in [2.45, 2.75) is 19.2 Å². The number of alkyl halides is 3. The van der Waals surface area contributed by atoms with Crippen molar-refractivity contribution in [1.82, 2.24) is 0 Å². The van der Waals surface area contributed by atoms with Crippen LogP contribution in [0.25, 0.3) is 0 Å². The molecule has 0 bridgehead atoms. The molecule has 2 aliphatic rings. The number of amides is 2. The van der Waals surface area contributed by atoms with Crippen LogP contribution in [0.1, 0.15) is 12.8 Å². The van der Waals surface area contributed by atoms with Gasteiger partial charge < -0.3 is 4.74 Å². The van der Waals surface area contributed by atoms with Crippen LogP contribution in [0.2, 0.25) is 0 Å². The molecule has 1 fully saturated rings. The monoisotopic (exact) mass is 311 g/mol. The Morgan fingerprint density at radius 3 is 1.91 bits per heavy atom. The lowest BCUT2D eigenvalue weighted by atomic mass is 9.85. The highest BCUT2D eigenvalue weighted by molar-refractivity contribution is 6.22. The Morgan fingerprint density at radius 2 is 1.45 bits per heavy atom. The predicted octanol–water partition coefficient (Wildman–Crippen LogP) is 3.04. The molecule has 1 aliphatic heterocycles. The first-order valence-electron chi connectivity index (χ1n) is 6.75. The van der Waals surface area contributed by atoms with Gasteiger partial charge in [0, 0.05) is 0 Å². The van der Waals surface area contributed by atoms with Crippen molar-refractivity contribution in [2.24, 2.45) is 11.8 Å². The molecule has 0 aromatic heterocycles. The number of nitrogens with zero attached hydrogens (tertiary/aromatic N) is 1. The minimum absolute atomic E-state index is 0.263. The molecule has 7 heteroatoms. The first-order chi connectivity index (χ1) is 10.4. The number of carbonyl (C=O) groups is 2. The summed E-state index contributed by atoms with van der Waals surface area (Å²) in [5.41, 5.74) is 0.263. The van der Waals surface area contributed by atoms with Gasteiger partial charge in [-0.15, -0.1) is 13.2 Å². The second kappa shape index (κ2) is 5.15. The van der Waals surface area contributed by atoms with Gasteiger partial charge in [-0.2, -0.15) is 0 Å². The van der Waals surface area contributed by atoms with Gasteiger partial charge in [-0.1, -0.05) is 12.2 Å². The van der Waals surface area contributed by atoms with Gasteiger partial charge in [0.15, 0.2) is 0 Å². The molecule has 2 unspecified atom stereocenters. The lowest BCUT2D eigenvalue weighted by Crippen LogP contribution is -2.30. The van der Waals surface area contributed by atoms with Crippen LogP contribution in [-0.4, -0.2) is 18.2 Å². The molecule has 1 saturated heterocycles. The van der Waals surface area contributed by atoms with Crippen LogP contribution >= 0.6 is 0 Å². The lowest BCUT2D eigenvalue weighted by Gasteiger charge is -2.15. The summed E-state index contributed by atoms with van der Waals surface area (Å²) in [5.74, 6) is -1.74. The number of imide groups is 1. The summed E-state index contributed by atoms with van der Waals surface area (Å²) in [6.45, 7) is 0. The van der Waals surface area contributed by atoms with E-state index in [0.29, 0.717) is 12.8 Å². The molecule has 1 aliphatic carbocycles. The quantitative estimate of drug-likeness (QED) is 0.623. The Morgan fingerprint density at radius 1 is 0.955 bits per heavy atom. The number of benzene rings is 1. The van der Waals surface area contributed by atoms with Crippen molar-refractivity contribution in [3.8, 4) is 5.75 Å². The van der Waals surface area contributed by atoms with E-state index in [0.717, 1.165) is 17.0 Å². The molecule has 2 amide bonds. The highest BCUT2D eigenvalue weighted by Crippen LogP contribution is 2.38. The topological polar surface area (TPSA) is 46.6 Å². The van der Waals surface area contributed by atoms with E-state index in [9.17, 15) is 22.8 Å². The van der Waals surface area contributed by atoms with Gasteiger partial charge in [0.05, 0.1) is 17.5 Å². The van der Waals surface area contributed by atoms with Crippen LogP contribution in [0.4, 0.5) is 18.9 Å².